The van der Waals surface area contributed by atoms with Gasteiger partial charge >= 0.3 is 5.97 Å². The van der Waals surface area contributed by atoms with E-state index < -0.39 is 11.9 Å². The van der Waals surface area contributed by atoms with E-state index in [9.17, 15) is 9.59 Å². The fourth-order valence-corrected chi connectivity index (χ4v) is 0.946. The van der Waals surface area contributed by atoms with E-state index in [0.29, 0.717) is 13.0 Å². The molecule has 1 aromatic heterocycles. The minimum atomic E-state index is -0.870. The number of amides is 1. The van der Waals surface area contributed by atoms with Gasteiger partial charge in [-0.1, -0.05) is 12.1 Å². The quantitative estimate of drug-likeness (QED) is 0.742. The predicted molar refractivity (Wildman–Crippen MR) is 50.3 cm³/mol. The normalized spacial score (nSPS) is 12.1. The first-order chi connectivity index (χ1) is 7.11. The van der Waals surface area contributed by atoms with Crippen LogP contribution in [0.2, 0.25) is 0 Å². The second kappa shape index (κ2) is 5.14. The molecule has 6 nitrogen and oxygen atoms in total. The summed E-state index contributed by atoms with van der Waals surface area (Å²) in [5.74, 6) is -1.70. The van der Waals surface area contributed by atoms with Crippen LogP contribution in [0.4, 0.5) is 0 Å². The SMILES string of the molecule is CC(CCNC(=O)c1ccon1)C(=O)O. The van der Waals surface area contributed by atoms with Gasteiger partial charge in [-0.15, -0.1) is 0 Å². The molecule has 1 heterocycles. The van der Waals surface area contributed by atoms with Gasteiger partial charge in [-0.25, -0.2) is 0 Å². The summed E-state index contributed by atoms with van der Waals surface area (Å²) in [6, 6.07) is 1.44. The number of hydrogen-bond donors (Lipinski definition) is 2. The van der Waals surface area contributed by atoms with Crippen molar-refractivity contribution in [3.63, 3.8) is 0 Å². The van der Waals surface area contributed by atoms with Gasteiger partial charge in [0, 0.05) is 12.6 Å². The molecule has 1 rings (SSSR count). The molecule has 0 spiro atoms. The van der Waals surface area contributed by atoms with Crippen molar-refractivity contribution in [3.8, 4) is 0 Å². The summed E-state index contributed by atoms with van der Waals surface area (Å²) >= 11 is 0. The number of carbonyl (C=O) groups is 2. The summed E-state index contributed by atoms with van der Waals surface area (Å²) in [6.07, 6.45) is 1.69. The van der Waals surface area contributed by atoms with Crippen molar-refractivity contribution in [2.45, 2.75) is 13.3 Å². The lowest BCUT2D eigenvalue weighted by Crippen LogP contribution is -2.27. The minimum Gasteiger partial charge on any atom is -0.481 e. The van der Waals surface area contributed by atoms with Crippen LogP contribution >= 0.6 is 0 Å². The van der Waals surface area contributed by atoms with Crippen molar-refractivity contribution in [1.82, 2.24) is 10.5 Å². The molecular formula is C9H12N2O4. The van der Waals surface area contributed by atoms with Crippen LogP contribution in [0.5, 0.6) is 0 Å². The number of nitrogens with one attached hydrogen (secondary N) is 1. The molecule has 0 aliphatic carbocycles. The second-order valence-electron chi connectivity index (χ2n) is 3.17. The average molecular weight is 212 g/mol. The van der Waals surface area contributed by atoms with Gasteiger partial charge in [-0.2, -0.15) is 0 Å². The zero-order valence-corrected chi connectivity index (χ0v) is 8.27. The standard InChI is InChI=1S/C9H12N2O4/c1-6(9(13)14)2-4-10-8(12)7-3-5-15-11-7/h3,5-6H,2,4H2,1H3,(H,10,12)(H,13,14). The number of rotatable bonds is 5. The second-order valence-corrected chi connectivity index (χ2v) is 3.17. The highest BCUT2D eigenvalue weighted by Crippen LogP contribution is 2.00. The van der Waals surface area contributed by atoms with Gasteiger partial charge in [0.25, 0.3) is 5.91 Å². The Kier molecular flexibility index (Phi) is 3.84. The zero-order valence-electron chi connectivity index (χ0n) is 8.27. The van der Waals surface area contributed by atoms with E-state index in [-0.39, 0.29) is 11.6 Å². The molecule has 1 amide bonds. The summed E-state index contributed by atoms with van der Waals surface area (Å²) in [7, 11) is 0. The van der Waals surface area contributed by atoms with Gasteiger partial charge in [0.15, 0.2) is 5.69 Å². The molecule has 0 radical (unpaired) electrons. The topological polar surface area (TPSA) is 92.4 Å². The first-order valence-corrected chi connectivity index (χ1v) is 4.52. The molecule has 0 aliphatic rings. The summed E-state index contributed by atoms with van der Waals surface area (Å²) in [6.45, 7) is 1.89. The number of carboxylic acids is 1. The van der Waals surface area contributed by atoms with Crippen LogP contribution in [0.3, 0.4) is 0 Å². The van der Waals surface area contributed by atoms with Crippen LogP contribution in [-0.4, -0.2) is 28.7 Å². The first kappa shape index (κ1) is 11.2. The summed E-state index contributed by atoms with van der Waals surface area (Å²) < 4.78 is 4.50. The molecule has 1 aromatic rings. The molecule has 82 valence electrons. The lowest BCUT2D eigenvalue weighted by Gasteiger charge is -2.06. The van der Waals surface area contributed by atoms with Crippen molar-refractivity contribution in [2.24, 2.45) is 5.92 Å². The Hall–Kier alpha value is -1.85. The van der Waals surface area contributed by atoms with Crippen LogP contribution in [-0.2, 0) is 4.79 Å². The van der Waals surface area contributed by atoms with Crippen LogP contribution in [0.1, 0.15) is 23.8 Å². The minimum absolute atomic E-state index is 0.193. The van der Waals surface area contributed by atoms with E-state index in [0.717, 1.165) is 0 Å². The average Bonchev–Trinajstić information content (AvgIpc) is 2.70. The predicted octanol–water partition coefficient (Wildman–Crippen LogP) is 0.515. The number of aromatic nitrogens is 1. The maximum absolute atomic E-state index is 11.3. The zero-order chi connectivity index (χ0) is 11.3. The van der Waals surface area contributed by atoms with E-state index in [1.165, 1.54) is 12.3 Å². The van der Waals surface area contributed by atoms with Crippen LogP contribution < -0.4 is 5.32 Å². The molecule has 0 fully saturated rings. The van der Waals surface area contributed by atoms with Gasteiger partial charge in [0.2, 0.25) is 0 Å². The van der Waals surface area contributed by atoms with Crippen molar-refractivity contribution in [3.05, 3.63) is 18.0 Å². The van der Waals surface area contributed by atoms with E-state index in [2.05, 4.69) is 15.0 Å². The Labute approximate surface area is 86.3 Å². The highest BCUT2D eigenvalue weighted by Gasteiger charge is 2.12. The van der Waals surface area contributed by atoms with E-state index >= 15 is 0 Å². The van der Waals surface area contributed by atoms with Crippen molar-refractivity contribution in [2.75, 3.05) is 6.54 Å². The summed E-state index contributed by atoms with van der Waals surface area (Å²) in [4.78, 5) is 21.7. The largest absolute Gasteiger partial charge is 0.481 e. The van der Waals surface area contributed by atoms with Gasteiger partial charge in [0.1, 0.15) is 6.26 Å². The number of carbonyl (C=O) groups excluding carboxylic acids is 1. The maximum atomic E-state index is 11.3. The number of hydrogen-bond acceptors (Lipinski definition) is 4. The lowest BCUT2D eigenvalue weighted by molar-refractivity contribution is -0.141. The number of nitrogens with zero attached hydrogens (tertiary/aromatic N) is 1. The molecule has 1 unspecified atom stereocenters. The van der Waals surface area contributed by atoms with E-state index in [1.54, 1.807) is 6.92 Å². The van der Waals surface area contributed by atoms with Gasteiger partial charge in [-0.05, 0) is 6.42 Å². The lowest BCUT2D eigenvalue weighted by atomic mass is 10.1. The molecular weight excluding hydrogens is 200 g/mol. The molecule has 2 N–H and O–H groups in total. The number of carboxylic acid groups (broad SMARTS) is 1. The molecule has 1 atom stereocenters. The fraction of sp³-hybridized carbons (Fsp3) is 0.444. The van der Waals surface area contributed by atoms with Crippen LogP contribution in [0.15, 0.2) is 16.9 Å². The van der Waals surface area contributed by atoms with Gasteiger partial charge in [-0.3, -0.25) is 9.59 Å². The third-order valence-corrected chi connectivity index (χ3v) is 1.95. The van der Waals surface area contributed by atoms with Crippen LogP contribution in [0.25, 0.3) is 0 Å². The third-order valence-electron chi connectivity index (χ3n) is 1.95. The highest BCUT2D eigenvalue weighted by molar-refractivity contribution is 5.91. The Morgan fingerprint density at radius 1 is 1.67 bits per heavy atom. The van der Waals surface area contributed by atoms with Crippen LogP contribution in [0, 0.1) is 5.92 Å². The Morgan fingerprint density at radius 3 is 2.93 bits per heavy atom. The van der Waals surface area contributed by atoms with Gasteiger partial charge in [0.05, 0.1) is 5.92 Å². The monoisotopic (exact) mass is 212 g/mol. The fourth-order valence-electron chi connectivity index (χ4n) is 0.946. The van der Waals surface area contributed by atoms with Gasteiger partial charge < -0.3 is 14.9 Å². The number of aliphatic carboxylic acids is 1. The van der Waals surface area contributed by atoms with Crippen molar-refractivity contribution >= 4 is 11.9 Å². The smallest absolute Gasteiger partial charge is 0.306 e. The molecule has 15 heavy (non-hydrogen) atoms. The Bertz CT molecular complexity index is 334. The summed E-state index contributed by atoms with van der Waals surface area (Å²) in [5, 5.41) is 14.6. The summed E-state index contributed by atoms with van der Waals surface area (Å²) in [5.41, 5.74) is 0.193. The Morgan fingerprint density at radius 2 is 2.40 bits per heavy atom. The van der Waals surface area contributed by atoms with E-state index in [1.807, 2.05) is 0 Å². The highest BCUT2D eigenvalue weighted by atomic mass is 16.5. The molecule has 0 bridgehead atoms. The molecule has 6 heteroatoms. The van der Waals surface area contributed by atoms with Crippen molar-refractivity contribution < 1.29 is 19.2 Å². The molecule has 0 saturated heterocycles. The Balaban J connectivity index is 2.27. The molecule has 0 saturated carbocycles. The molecule has 0 aromatic carbocycles. The maximum Gasteiger partial charge on any atom is 0.306 e. The third kappa shape index (κ3) is 3.41. The molecule has 0 aliphatic heterocycles. The first-order valence-electron chi connectivity index (χ1n) is 4.52. The van der Waals surface area contributed by atoms with Crippen molar-refractivity contribution in [1.29, 1.82) is 0 Å². The van der Waals surface area contributed by atoms with E-state index in [4.69, 9.17) is 5.11 Å².